The van der Waals surface area contributed by atoms with Crippen molar-refractivity contribution in [2.45, 2.75) is 0 Å². The molecule has 0 fully saturated rings. The predicted molar refractivity (Wildman–Crippen MR) is 263 cm³/mol. The van der Waals surface area contributed by atoms with Crippen molar-refractivity contribution in [1.29, 1.82) is 0 Å². The summed E-state index contributed by atoms with van der Waals surface area (Å²) >= 11 is 0. The minimum Gasteiger partial charge on any atom is -0.307 e. The van der Waals surface area contributed by atoms with E-state index >= 15 is 0 Å². The molecule has 0 radical (unpaired) electrons. The van der Waals surface area contributed by atoms with Gasteiger partial charge in [0.2, 0.25) is 0 Å². The molecule has 0 N–H and O–H groups in total. The normalized spacial score (nSPS) is 12.1. The molecule has 5 heteroatoms. The van der Waals surface area contributed by atoms with E-state index < -0.39 is 0 Å². The topological polar surface area (TPSA) is 40.0 Å². The van der Waals surface area contributed by atoms with E-state index in [1.54, 1.807) is 0 Å². The SMILES string of the molecule is c1ccc2c(c1)c1ccccc1c1cccc3c4ccccc4n(c4c(-c5nc(-n6c7ccccc7c7ccccc76)cc(-n6c7ccccc7c7ccccc76)n5)cccc24)c13. The van der Waals surface area contributed by atoms with Crippen LogP contribution in [0.2, 0.25) is 0 Å². The highest BCUT2D eigenvalue weighted by molar-refractivity contribution is 6.26. The fraction of sp³-hybridized carbons (Fsp3) is 0. The first-order chi connectivity index (χ1) is 31.3. The second-order valence-corrected chi connectivity index (χ2v) is 16.5. The Morgan fingerprint density at radius 1 is 0.254 bits per heavy atom. The summed E-state index contributed by atoms with van der Waals surface area (Å²) in [6.07, 6.45) is 0. The van der Waals surface area contributed by atoms with Crippen LogP contribution in [0, 0.1) is 0 Å². The zero-order valence-corrected chi connectivity index (χ0v) is 33.9. The molecule has 0 unspecified atom stereocenters. The summed E-state index contributed by atoms with van der Waals surface area (Å²) in [5.41, 5.74) is 8.65. The number of fused-ring (bicyclic) bond motifs is 16. The number of hydrogen-bond donors (Lipinski definition) is 0. The minimum atomic E-state index is 0.640. The van der Waals surface area contributed by atoms with E-state index in [0.717, 1.165) is 66.6 Å². The number of aromatic nitrogens is 5. The maximum absolute atomic E-state index is 5.71. The van der Waals surface area contributed by atoms with Crippen molar-refractivity contribution in [1.82, 2.24) is 23.5 Å². The summed E-state index contributed by atoms with van der Waals surface area (Å²) in [5, 5.41) is 14.2. The molecule has 0 amide bonds. The van der Waals surface area contributed by atoms with Gasteiger partial charge in [-0.05, 0) is 57.9 Å². The van der Waals surface area contributed by atoms with E-state index in [0.29, 0.717) is 5.82 Å². The lowest BCUT2D eigenvalue weighted by atomic mass is 10.00. The molecular weight excluding hydrogens is 767 g/mol. The zero-order valence-electron chi connectivity index (χ0n) is 33.9. The number of rotatable bonds is 3. The number of benzene rings is 9. The summed E-state index contributed by atoms with van der Waals surface area (Å²) in [5.74, 6) is 2.23. The molecule has 9 aromatic carbocycles. The molecule has 0 aliphatic carbocycles. The molecular formula is C58H35N5. The van der Waals surface area contributed by atoms with Crippen LogP contribution in [0.5, 0.6) is 0 Å². The third-order valence-corrected chi connectivity index (χ3v) is 13.2. The van der Waals surface area contributed by atoms with Gasteiger partial charge in [0.05, 0.1) is 38.6 Å². The van der Waals surface area contributed by atoms with Gasteiger partial charge in [-0.1, -0.05) is 170 Å². The van der Waals surface area contributed by atoms with Crippen molar-refractivity contribution in [3.05, 3.63) is 212 Å². The van der Waals surface area contributed by atoms with Gasteiger partial charge in [-0.25, -0.2) is 9.97 Å². The molecule has 0 bridgehead atoms. The number of hydrogen-bond acceptors (Lipinski definition) is 2. The van der Waals surface area contributed by atoms with E-state index in [1.807, 2.05) is 0 Å². The first-order valence-electron chi connectivity index (χ1n) is 21.5. The van der Waals surface area contributed by atoms with Crippen LogP contribution in [0.15, 0.2) is 212 Å². The Bertz CT molecular complexity index is 4040. The van der Waals surface area contributed by atoms with E-state index in [2.05, 4.69) is 226 Å². The summed E-state index contributed by atoms with van der Waals surface area (Å²) in [6, 6.07) is 76.7. The fourth-order valence-corrected chi connectivity index (χ4v) is 10.7. The van der Waals surface area contributed by atoms with Crippen molar-refractivity contribution in [2.24, 2.45) is 0 Å². The van der Waals surface area contributed by atoms with Crippen molar-refractivity contribution in [3.8, 4) is 23.0 Å². The van der Waals surface area contributed by atoms with Crippen molar-refractivity contribution in [3.63, 3.8) is 0 Å². The van der Waals surface area contributed by atoms with Gasteiger partial charge < -0.3 is 4.40 Å². The number of para-hydroxylation sites is 7. The second kappa shape index (κ2) is 13.0. The Morgan fingerprint density at radius 3 is 1.00 bits per heavy atom. The molecule has 14 aromatic rings. The molecule has 14 rings (SSSR count). The van der Waals surface area contributed by atoms with Gasteiger partial charge in [0.25, 0.3) is 0 Å². The fourth-order valence-electron chi connectivity index (χ4n) is 10.7. The summed E-state index contributed by atoms with van der Waals surface area (Å²) < 4.78 is 7.13. The lowest BCUT2D eigenvalue weighted by molar-refractivity contribution is 0.994. The lowest BCUT2D eigenvalue weighted by Gasteiger charge is -2.15. The highest BCUT2D eigenvalue weighted by Crippen LogP contribution is 2.42. The van der Waals surface area contributed by atoms with Crippen LogP contribution in [0.25, 0.3) is 126 Å². The minimum absolute atomic E-state index is 0.640. The smallest absolute Gasteiger partial charge is 0.166 e. The first kappa shape index (κ1) is 34.2. The van der Waals surface area contributed by atoms with Gasteiger partial charge >= 0.3 is 0 Å². The van der Waals surface area contributed by atoms with Gasteiger partial charge in [-0.15, -0.1) is 0 Å². The molecule has 0 aliphatic heterocycles. The van der Waals surface area contributed by atoms with Crippen molar-refractivity contribution in [2.75, 3.05) is 0 Å². The predicted octanol–water partition coefficient (Wildman–Crippen LogP) is 14.9. The average molecular weight is 802 g/mol. The monoisotopic (exact) mass is 801 g/mol. The van der Waals surface area contributed by atoms with Gasteiger partial charge in [0, 0.05) is 54.7 Å². The Labute approximate surface area is 360 Å². The lowest BCUT2D eigenvalue weighted by Crippen LogP contribution is -2.06. The number of nitrogens with zero attached hydrogens (tertiary/aromatic N) is 5. The molecule has 5 heterocycles. The Kier molecular flexibility index (Phi) is 7.05. The highest BCUT2D eigenvalue weighted by atomic mass is 15.1. The largest absolute Gasteiger partial charge is 0.307 e. The molecule has 63 heavy (non-hydrogen) atoms. The van der Waals surface area contributed by atoms with E-state index in [-0.39, 0.29) is 0 Å². The van der Waals surface area contributed by atoms with Gasteiger partial charge in [-0.3, -0.25) is 9.13 Å². The Balaban J connectivity index is 1.23. The van der Waals surface area contributed by atoms with Crippen LogP contribution in [-0.4, -0.2) is 23.5 Å². The van der Waals surface area contributed by atoms with Crippen molar-refractivity contribution >= 4 is 103 Å². The second-order valence-electron chi connectivity index (χ2n) is 16.5. The molecule has 5 nitrogen and oxygen atoms in total. The van der Waals surface area contributed by atoms with Crippen LogP contribution in [-0.2, 0) is 0 Å². The van der Waals surface area contributed by atoms with Gasteiger partial charge in [0.15, 0.2) is 5.82 Å². The molecule has 0 atom stereocenters. The third-order valence-electron chi connectivity index (χ3n) is 13.2. The van der Waals surface area contributed by atoms with Crippen LogP contribution in [0.4, 0.5) is 0 Å². The summed E-state index contributed by atoms with van der Waals surface area (Å²) in [6.45, 7) is 0. The van der Waals surface area contributed by atoms with Crippen LogP contribution in [0.1, 0.15) is 0 Å². The Hall–Kier alpha value is -8.54. The van der Waals surface area contributed by atoms with Gasteiger partial charge in [-0.2, -0.15) is 0 Å². The maximum atomic E-state index is 5.71. The van der Waals surface area contributed by atoms with Gasteiger partial charge in [0.1, 0.15) is 11.6 Å². The summed E-state index contributed by atoms with van der Waals surface area (Å²) in [7, 11) is 0. The summed E-state index contributed by atoms with van der Waals surface area (Å²) in [4.78, 5) is 11.4. The quantitative estimate of drug-likeness (QED) is 0.179. The standard InChI is InChI=1S/C58H35N5/c1-3-19-38-36(17-1)37-18-2-4-20-39(37)46-27-16-29-48(57(46)63-53-34-14-9-25-44(53)47-28-15-26-45(38)56(47)63)58-59-54(61-49-30-10-5-21-40(49)41-22-6-11-31-50(41)61)35-55(60-58)62-51-32-12-7-23-42(51)43-24-8-13-33-52(43)62/h1-35H. The van der Waals surface area contributed by atoms with Crippen LogP contribution in [0.3, 0.4) is 0 Å². The van der Waals surface area contributed by atoms with E-state index in [4.69, 9.17) is 9.97 Å². The van der Waals surface area contributed by atoms with Crippen LogP contribution < -0.4 is 0 Å². The zero-order chi connectivity index (χ0) is 41.2. The van der Waals surface area contributed by atoms with Crippen LogP contribution >= 0.6 is 0 Å². The van der Waals surface area contributed by atoms with Crippen molar-refractivity contribution < 1.29 is 0 Å². The molecule has 0 saturated heterocycles. The Morgan fingerprint density at radius 2 is 0.556 bits per heavy atom. The molecule has 0 aliphatic rings. The maximum Gasteiger partial charge on any atom is 0.166 e. The average Bonchev–Trinajstić information content (AvgIpc) is 4.00. The molecule has 5 aromatic heterocycles. The molecule has 292 valence electrons. The molecule has 0 saturated carbocycles. The highest BCUT2D eigenvalue weighted by Gasteiger charge is 2.22. The third kappa shape index (κ3) is 4.76. The van der Waals surface area contributed by atoms with E-state index in [1.165, 1.54) is 53.9 Å². The first-order valence-corrected chi connectivity index (χ1v) is 21.5. The van der Waals surface area contributed by atoms with E-state index in [9.17, 15) is 0 Å². The molecule has 0 spiro atoms.